The normalized spacial score (nSPS) is 29.5. The van der Waals surface area contributed by atoms with Crippen molar-refractivity contribution in [3.05, 3.63) is 59.3 Å². The SMILES string of the molecule is C=CC(=O)N1CC2CC(=O)CC(C1)N2c1nc(O[C@@H]2CN(C)C[C@H]2OC)nc2c1CN(C1CCc3ccccc31)C2. The lowest BCUT2D eigenvalue weighted by atomic mass is 9.89. The smallest absolute Gasteiger partial charge is 0.319 e. The van der Waals surface area contributed by atoms with Crippen LogP contribution in [0, 0.1) is 0 Å². The van der Waals surface area contributed by atoms with Gasteiger partial charge < -0.3 is 19.3 Å². The lowest BCUT2D eigenvalue weighted by molar-refractivity contribution is -0.131. The Morgan fingerprint density at radius 3 is 2.56 bits per heavy atom. The number of aromatic nitrogens is 2. The second kappa shape index (κ2) is 10.5. The number of rotatable bonds is 6. The quantitative estimate of drug-likeness (QED) is 0.495. The summed E-state index contributed by atoms with van der Waals surface area (Å²) in [5, 5.41) is 0. The molecule has 3 saturated heterocycles. The summed E-state index contributed by atoms with van der Waals surface area (Å²) in [5.74, 6) is 1.01. The van der Waals surface area contributed by atoms with E-state index in [-0.39, 0.29) is 36.0 Å². The molecule has 5 atom stereocenters. The molecule has 2 aromatic rings. The molecule has 4 aliphatic heterocycles. The van der Waals surface area contributed by atoms with E-state index in [4.69, 9.17) is 19.4 Å². The van der Waals surface area contributed by atoms with Gasteiger partial charge in [0.25, 0.3) is 0 Å². The van der Waals surface area contributed by atoms with Gasteiger partial charge in [-0.3, -0.25) is 19.4 Å². The van der Waals surface area contributed by atoms with E-state index in [2.05, 4.69) is 52.6 Å². The van der Waals surface area contributed by atoms with Crippen LogP contribution in [0.25, 0.3) is 0 Å². The molecule has 0 radical (unpaired) electrons. The summed E-state index contributed by atoms with van der Waals surface area (Å²) >= 11 is 0. The molecule has 10 heteroatoms. The number of Topliss-reactive ketones (excluding diaryl/α,β-unsaturated/α-hetero) is 1. The maximum atomic E-state index is 12.7. The van der Waals surface area contributed by atoms with E-state index in [1.807, 2.05) is 4.90 Å². The van der Waals surface area contributed by atoms with E-state index < -0.39 is 0 Å². The molecular weight excluding hydrogens is 520 g/mol. The number of aryl methyl sites for hydroxylation is 1. The molecule has 1 aromatic carbocycles. The number of fused-ring (bicyclic) bond motifs is 4. The molecule has 1 aromatic heterocycles. The molecule has 10 nitrogen and oxygen atoms in total. The number of nitrogens with zero attached hydrogens (tertiary/aromatic N) is 6. The first-order valence-electron chi connectivity index (χ1n) is 14.7. The highest BCUT2D eigenvalue weighted by molar-refractivity contribution is 5.88. The van der Waals surface area contributed by atoms with E-state index in [1.165, 1.54) is 17.2 Å². The lowest BCUT2D eigenvalue weighted by Crippen LogP contribution is -2.64. The number of likely N-dealkylation sites (N-methyl/N-ethyl adjacent to an activating group) is 1. The number of carbonyl (C=O) groups excluding carboxylic acids is 2. The first-order chi connectivity index (χ1) is 19.9. The molecule has 216 valence electrons. The minimum absolute atomic E-state index is 0.0581. The Hall–Kier alpha value is -3.34. The number of likely N-dealkylation sites (tertiary alicyclic amines) is 2. The highest BCUT2D eigenvalue weighted by Crippen LogP contribution is 2.43. The lowest BCUT2D eigenvalue weighted by Gasteiger charge is -2.50. The number of carbonyl (C=O) groups is 2. The Morgan fingerprint density at radius 1 is 1.05 bits per heavy atom. The second-order valence-electron chi connectivity index (χ2n) is 12.2. The fraction of sp³-hybridized carbons (Fsp3) is 0.548. The summed E-state index contributed by atoms with van der Waals surface area (Å²) in [6.07, 6.45) is 4.10. The molecule has 3 fully saturated rings. The van der Waals surface area contributed by atoms with E-state index >= 15 is 0 Å². The van der Waals surface area contributed by atoms with Gasteiger partial charge in [0.2, 0.25) is 5.91 Å². The van der Waals surface area contributed by atoms with Gasteiger partial charge in [-0.05, 0) is 37.1 Å². The number of piperazine rings is 1. The zero-order valence-corrected chi connectivity index (χ0v) is 23.9. The number of anilines is 1. The number of piperidine rings is 1. The van der Waals surface area contributed by atoms with Crippen molar-refractivity contribution in [2.45, 2.75) is 69.1 Å². The maximum Gasteiger partial charge on any atom is 0.319 e. The molecule has 3 unspecified atom stereocenters. The molecule has 2 bridgehead atoms. The Kier molecular flexibility index (Phi) is 6.79. The number of amides is 1. The largest absolute Gasteiger partial charge is 0.456 e. The Balaban J connectivity index is 1.25. The minimum atomic E-state index is -0.168. The van der Waals surface area contributed by atoms with Gasteiger partial charge in [-0.1, -0.05) is 30.8 Å². The number of hydrogen-bond donors (Lipinski definition) is 0. The predicted molar refractivity (Wildman–Crippen MR) is 153 cm³/mol. The molecule has 1 aliphatic carbocycles. The Labute approximate surface area is 240 Å². The zero-order chi connectivity index (χ0) is 28.2. The zero-order valence-electron chi connectivity index (χ0n) is 23.9. The molecule has 0 saturated carbocycles. The molecule has 5 aliphatic rings. The number of hydrogen-bond acceptors (Lipinski definition) is 9. The Morgan fingerprint density at radius 2 is 1.80 bits per heavy atom. The van der Waals surface area contributed by atoms with Crippen LogP contribution in [-0.2, 0) is 33.8 Å². The molecular formula is C31H38N6O4. The fourth-order valence-corrected chi connectivity index (χ4v) is 7.69. The van der Waals surface area contributed by atoms with Crippen LogP contribution < -0.4 is 9.64 Å². The van der Waals surface area contributed by atoms with Gasteiger partial charge in [0.15, 0.2) is 0 Å². The predicted octanol–water partition coefficient (Wildman–Crippen LogP) is 2.12. The van der Waals surface area contributed by atoms with Gasteiger partial charge in [-0.25, -0.2) is 0 Å². The van der Waals surface area contributed by atoms with Crippen LogP contribution in [0.4, 0.5) is 5.82 Å². The average molecular weight is 559 g/mol. The van der Waals surface area contributed by atoms with E-state index in [0.717, 1.165) is 56.1 Å². The van der Waals surface area contributed by atoms with Crippen molar-refractivity contribution in [1.29, 1.82) is 0 Å². The third-order valence-electron chi connectivity index (χ3n) is 9.57. The van der Waals surface area contributed by atoms with Crippen LogP contribution in [0.5, 0.6) is 6.01 Å². The van der Waals surface area contributed by atoms with Crippen molar-refractivity contribution in [3.8, 4) is 6.01 Å². The first kappa shape index (κ1) is 26.6. The highest BCUT2D eigenvalue weighted by Gasteiger charge is 2.45. The highest BCUT2D eigenvalue weighted by atomic mass is 16.5. The monoisotopic (exact) mass is 558 g/mol. The standard InChI is InChI=1S/C31H38N6O4/c1-4-29(39)36-13-20-11-22(38)12-21(14-36)37(20)30-24-15-35(26-10-9-19-7-5-6-8-23(19)26)16-25(24)32-31(33-30)41-28-18-34(2)17-27(28)40-3/h4-8,20-21,26-28H,1,9-18H2,2-3H3/t20?,21?,26?,27-,28-/m1/s1. The number of methoxy groups -OCH3 is 1. The van der Waals surface area contributed by atoms with E-state index in [0.29, 0.717) is 38.0 Å². The van der Waals surface area contributed by atoms with E-state index in [1.54, 1.807) is 7.11 Å². The van der Waals surface area contributed by atoms with Gasteiger partial charge in [-0.2, -0.15) is 9.97 Å². The van der Waals surface area contributed by atoms with Gasteiger partial charge in [0.1, 0.15) is 23.8 Å². The summed E-state index contributed by atoms with van der Waals surface area (Å²) in [5.41, 5.74) is 4.93. The number of ketones is 1. The summed E-state index contributed by atoms with van der Waals surface area (Å²) < 4.78 is 12.2. The maximum absolute atomic E-state index is 12.7. The molecule has 7 rings (SSSR count). The molecule has 0 N–H and O–H groups in total. The van der Waals surface area contributed by atoms with Crippen molar-refractivity contribution in [1.82, 2.24) is 24.7 Å². The van der Waals surface area contributed by atoms with Gasteiger partial charge in [-0.15, -0.1) is 0 Å². The van der Waals surface area contributed by atoms with Crippen LogP contribution in [0.15, 0.2) is 36.9 Å². The van der Waals surface area contributed by atoms with Gasteiger partial charge in [0.05, 0.1) is 17.8 Å². The molecule has 5 heterocycles. The van der Waals surface area contributed by atoms with Crippen molar-refractivity contribution < 1.29 is 19.1 Å². The van der Waals surface area contributed by atoms with Crippen LogP contribution in [0.1, 0.15) is 47.7 Å². The summed E-state index contributed by atoms with van der Waals surface area (Å²) in [7, 11) is 3.78. The minimum Gasteiger partial charge on any atom is -0.456 e. The van der Waals surface area contributed by atoms with Crippen molar-refractivity contribution in [3.63, 3.8) is 0 Å². The number of ether oxygens (including phenoxy) is 2. The van der Waals surface area contributed by atoms with Crippen molar-refractivity contribution in [2.75, 3.05) is 45.2 Å². The summed E-state index contributed by atoms with van der Waals surface area (Å²) in [6.45, 7) is 7.63. The van der Waals surface area contributed by atoms with Crippen molar-refractivity contribution in [2.24, 2.45) is 0 Å². The first-order valence-corrected chi connectivity index (χ1v) is 14.7. The molecule has 41 heavy (non-hydrogen) atoms. The third kappa shape index (κ3) is 4.71. The van der Waals surface area contributed by atoms with Crippen LogP contribution in [0.2, 0.25) is 0 Å². The summed E-state index contributed by atoms with van der Waals surface area (Å²) in [6, 6.07) is 9.16. The van der Waals surface area contributed by atoms with Gasteiger partial charge >= 0.3 is 6.01 Å². The van der Waals surface area contributed by atoms with Crippen LogP contribution in [0.3, 0.4) is 0 Å². The number of benzene rings is 1. The van der Waals surface area contributed by atoms with Crippen LogP contribution in [-0.4, -0.2) is 101 Å². The summed E-state index contributed by atoms with van der Waals surface area (Å²) in [4.78, 5) is 44.2. The molecule has 1 amide bonds. The van der Waals surface area contributed by atoms with E-state index in [9.17, 15) is 9.59 Å². The topological polar surface area (TPSA) is 91.3 Å². The Bertz CT molecular complexity index is 1360. The molecule has 0 spiro atoms. The third-order valence-corrected chi connectivity index (χ3v) is 9.57. The van der Waals surface area contributed by atoms with Crippen molar-refractivity contribution >= 4 is 17.5 Å². The van der Waals surface area contributed by atoms with Gasteiger partial charge in [0, 0.05) is 70.8 Å². The van der Waals surface area contributed by atoms with Crippen LogP contribution >= 0.6 is 0 Å². The fourth-order valence-electron chi connectivity index (χ4n) is 7.69. The average Bonchev–Trinajstić information content (AvgIpc) is 3.67. The second-order valence-corrected chi connectivity index (χ2v) is 12.2.